The number of hydrogen-bond acceptors (Lipinski definition) is 0. The van der Waals surface area contributed by atoms with Gasteiger partial charge in [-0.15, -0.1) is 0 Å². The fourth-order valence-corrected chi connectivity index (χ4v) is 5.26. The van der Waals surface area contributed by atoms with E-state index in [9.17, 15) is 0 Å². The summed E-state index contributed by atoms with van der Waals surface area (Å²) < 4.78 is 0. The van der Waals surface area contributed by atoms with Crippen LogP contribution in [0.3, 0.4) is 0 Å². The fourth-order valence-electron chi connectivity index (χ4n) is 5.26. The highest BCUT2D eigenvalue weighted by molar-refractivity contribution is 5.76. The molecule has 0 saturated carbocycles. The Kier molecular flexibility index (Phi) is 6.20. The molecular weight excluding hydrogens is 484 g/mol. The van der Waals surface area contributed by atoms with Crippen LogP contribution in [0, 0.1) is 0 Å². The first kappa shape index (κ1) is 23.8. The normalized spacial score (nSPS) is 11.0. The number of hydrogen-bond donors (Lipinski definition) is 2. The minimum absolute atomic E-state index is 1.10. The van der Waals surface area contributed by atoms with Gasteiger partial charge in [-0.2, -0.15) is 0 Å². The fraction of sp³-hybridized carbons (Fsp3) is 0. The molecule has 0 aliphatic carbocycles. The summed E-state index contributed by atoms with van der Waals surface area (Å²) in [5, 5.41) is 0. The molecule has 2 nitrogen and oxygen atoms in total. The molecule has 40 heavy (non-hydrogen) atoms. The van der Waals surface area contributed by atoms with Gasteiger partial charge in [0, 0.05) is 22.8 Å². The largest absolute Gasteiger partial charge is 0.355 e. The van der Waals surface area contributed by atoms with E-state index in [1.807, 2.05) is 12.1 Å². The van der Waals surface area contributed by atoms with Gasteiger partial charge in [0.2, 0.25) is 0 Å². The SMILES string of the molecule is c1ccc(-c2ccc(-c3ccc(-c4cccc(-c5ccc(-c6ccc(-c7ccccc7)cc6)[nH]5)c4)[nH]3)cc2)cc1. The van der Waals surface area contributed by atoms with E-state index in [1.165, 1.54) is 33.4 Å². The van der Waals surface area contributed by atoms with Crippen LogP contribution in [0.5, 0.6) is 0 Å². The van der Waals surface area contributed by atoms with Crippen molar-refractivity contribution in [1.82, 2.24) is 9.97 Å². The molecule has 2 aromatic heterocycles. The van der Waals surface area contributed by atoms with Crippen LogP contribution in [0.25, 0.3) is 67.3 Å². The molecular formula is C38H28N2. The van der Waals surface area contributed by atoms with Crippen LogP contribution < -0.4 is 0 Å². The lowest BCUT2D eigenvalue weighted by atomic mass is 10.0. The number of H-pyrrole nitrogens is 2. The van der Waals surface area contributed by atoms with Gasteiger partial charge in [-0.25, -0.2) is 0 Å². The first-order valence-corrected chi connectivity index (χ1v) is 13.6. The van der Waals surface area contributed by atoms with Crippen molar-refractivity contribution in [3.05, 3.63) is 158 Å². The second kappa shape index (κ2) is 10.4. The van der Waals surface area contributed by atoms with Crippen molar-refractivity contribution in [2.45, 2.75) is 0 Å². The van der Waals surface area contributed by atoms with Crippen LogP contribution in [0.4, 0.5) is 0 Å². The van der Waals surface area contributed by atoms with E-state index in [1.54, 1.807) is 0 Å². The lowest BCUT2D eigenvalue weighted by molar-refractivity contribution is 1.37. The third-order valence-electron chi connectivity index (χ3n) is 7.46. The maximum absolute atomic E-state index is 3.62. The van der Waals surface area contributed by atoms with Crippen molar-refractivity contribution in [1.29, 1.82) is 0 Å². The number of benzene rings is 5. The van der Waals surface area contributed by atoms with Crippen molar-refractivity contribution in [3.8, 4) is 67.3 Å². The summed E-state index contributed by atoms with van der Waals surface area (Å²) in [6.45, 7) is 0. The molecule has 0 bridgehead atoms. The van der Waals surface area contributed by atoms with E-state index < -0.39 is 0 Å². The number of rotatable bonds is 6. The van der Waals surface area contributed by atoms with Gasteiger partial charge in [-0.1, -0.05) is 127 Å². The Labute approximate surface area is 234 Å². The second-order valence-corrected chi connectivity index (χ2v) is 10.0. The third-order valence-corrected chi connectivity index (χ3v) is 7.46. The minimum Gasteiger partial charge on any atom is -0.355 e. The molecule has 0 amide bonds. The van der Waals surface area contributed by atoms with Crippen LogP contribution in [-0.4, -0.2) is 9.97 Å². The maximum Gasteiger partial charge on any atom is 0.0458 e. The zero-order valence-electron chi connectivity index (χ0n) is 22.0. The average Bonchev–Trinajstić information content (AvgIpc) is 3.74. The molecule has 0 atom stereocenters. The molecule has 5 aromatic carbocycles. The highest BCUT2D eigenvalue weighted by Crippen LogP contribution is 2.31. The Bertz CT molecular complexity index is 1720. The van der Waals surface area contributed by atoms with Crippen LogP contribution in [0.15, 0.2) is 158 Å². The third kappa shape index (κ3) is 4.79. The van der Waals surface area contributed by atoms with Crippen molar-refractivity contribution >= 4 is 0 Å². The van der Waals surface area contributed by atoms with Crippen LogP contribution >= 0.6 is 0 Å². The molecule has 2 N–H and O–H groups in total. The zero-order valence-corrected chi connectivity index (χ0v) is 22.0. The van der Waals surface area contributed by atoms with Crippen molar-refractivity contribution in [2.24, 2.45) is 0 Å². The Morgan fingerprint density at radius 2 is 0.525 bits per heavy atom. The van der Waals surface area contributed by atoms with Gasteiger partial charge in [0.25, 0.3) is 0 Å². The Hall–Kier alpha value is -5.34. The van der Waals surface area contributed by atoms with Crippen LogP contribution in [-0.2, 0) is 0 Å². The molecule has 0 aliphatic heterocycles. The van der Waals surface area contributed by atoms with E-state index in [-0.39, 0.29) is 0 Å². The minimum atomic E-state index is 1.10. The molecule has 2 heterocycles. The van der Waals surface area contributed by atoms with Crippen molar-refractivity contribution in [2.75, 3.05) is 0 Å². The summed E-state index contributed by atoms with van der Waals surface area (Å²) in [4.78, 5) is 7.25. The van der Waals surface area contributed by atoms with Crippen molar-refractivity contribution in [3.63, 3.8) is 0 Å². The molecule has 0 unspecified atom stereocenters. The van der Waals surface area contributed by atoms with E-state index in [0.717, 1.165) is 33.9 Å². The lowest BCUT2D eigenvalue weighted by Gasteiger charge is -2.05. The van der Waals surface area contributed by atoms with Gasteiger partial charge in [-0.3, -0.25) is 0 Å². The van der Waals surface area contributed by atoms with Gasteiger partial charge < -0.3 is 9.97 Å². The molecule has 0 fully saturated rings. The van der Waals surface area contributed by atoms with E-state index in [4.69, 9.17) is 0 Å². The topological polar surface area (TPSA) is 31.6 Å². The van der Waals surface area contributed by atoms with E-state index in [2.05, 4.69) is 156 Å². The molecule has 0 spiro atoms. The lowest BCUT2D eigenvalue weighted by Crippen LogP contribution is -1.84. The first-order chi connectivity index (χ1) is 19.8. The van der Waals surface area contributed by atoms with E-state index in [0.29, 0.717) is 0 Å². The van der Waals surface area contributed by atoms with E-state index >= 15 is 0 Å². The highest BCUT2D eigenvalue weighted by atomic mass is 14.7. The highest BCUT2D eigenvalue weighted by Gasteiger charge is 2.09. The second-order valence-electron chi connectivity index (χ2n) is 10.0. The van der Waals surface area contributed by atoms with Crippen molar-refractivity contribution < 1.29 is 0 Å². The maximum atomic E-state index is 3.62. The summed E-state index contributed by atoms with van der Waals surface area (Å²) in [5.74, 6) is 0. The smallest absolute Gasteiger partial charge is 0.0458 e. The number of aromatic amines is 2. The van der Waals surface area contributed by atoms with Gasteiger partial charge in [0.1, 0.15) is 0 Å². The molecule has 0 aliphatic rings. The average molecular weight is 513 g/mol. The molecule has 0 radical (unpaired) electrons. The van der Waals surface area contributed by atoms with Gasteiger partial charge >= 0.3 is 0 Å². The quantitative estimate of drug-likeness (QED) is 0.222. The number of aromatic nitrogens is 2. The van der Waals surface area contributed by atoms with Crippen LogP contribution in [0.1, 0.15) is 0 Å². The predicted octanol–water partition coefficient (Wildman–Crippen LogP) is 10.3. The monoisotopic (exact) mass is 512 g/mol. The first-order valence-electron chi connectivity index (χ1n) is 13.6. The van der Waals surface area contributed by atoms with Gasteiger partial charge in [0.05, 0.1) is 0 Å². The summed E-state index contributed by atoms with van der Waals surface area (Å²) in [6.07, 6.45) is 0. The Morgan fingerprint density at radius 3 is 0.925 bits per heavy atom. The molecule has 0 saturated heterocycles. The van der Waals surface area contributed by atoms with Gasteiger partial charge in [-0.05, 0) is 74.8 Å². The standard InChI is InChI=1S/C38H28N2/c1-3-8-27(9-4-1)29-14-18-31(19-15-29)35-22-24-37(39-35)33-12-7-13-34(26-33)38-25-23-36(40-38)32-20-16-30(17-21-32)28-10-5-2-6-11-28/h1-26,39-40H. The number of nitrogens with one attached hydrogen (secondary N) is 2. The molecule has 2 heteroatoms. The molecule has 7 aromatic rings. The Balaban J connectivity index is 1.10. The summed E-state index contributed by atoms with van der Waals surface area (Å²) in [7, 11) is 0. The summed E-state index contributed by atoms with van der Waals surface area (Å²) in [5.41, 5.74) is 14.0. The van der Waals surface area contributed by atoms with Crippen LogP contribution in [0.2, 0.25) is 0 Å². The molecule has 190 valence electrons. The summed E-state index contributed by atoms with van der Waals surface area (Å²) in [6, 6.07) is 55.7. The Morgan fingerprint density at radius 1 is 0.225 bits per heavy atom. The predicted molar refractivity (Wildman–Crippen MR) is 168 cm³/mol. The van der Waals surface area contributed by atoms with Gasteiger partial charge in [0.15, 0.2) is 0 Å². The zero-order chi connectivity index (χ0) is 26.7. The summed E-state index contributed by atoms with van der Waals surface area (Å²) >= 11 is 0. The molecule has 7 rings (SSSR count).